The molecule has 132 valence electrons. The Hall–Kier alpha value is -1.89. The number of thiazole rings is 1. The lowest BCUT2D eigenvalue weighted by atomic mass is 10.1. The first kappa shape index (κ1) is 17.9. The maximum absolute atomic E-state index is 5.67. The molecule has 0 bridgehead atoms. The van der Waals surface area contributed by atoms with Crippen molar-refractivity contribution in [3.05, 3.63) is 62.7 Å². The highest BCUT2D eigenvalue weighted by Crippen LogP contribution is 2.29. The van der Waals surface area contributed by atoms with Crippen LogP contribution in [-0.4, -0.2) is 18.7 Å². The molecule has 2 aromatic heterocycles. The molecule has 0 saturated carbocycles. The summed E-state index contributed by atoms with van der Waals surface area (Å²) in [4.78, 5) is 5.86. The molecular weight excluding hydrogens is 352 g/mol. The number of methoxy groups -OCH3 is 1. The van der Waals surface area contributed by atoms with Gasteiger partial charge in [0.15, 0.2) is 11.5 Å². The number of hydrogen-bond acceptors (Lipinski definition) is 6. The average molecular weight is 375 g/mol. The summed E-state index contributed by atoms with van der Waals surface area (Å²) in [5.41, 5.74) is 1.16. The number of rotatable bonds is 9. The van der Waals surface area contributed by atoms with Gasteiger partial charge in [0.1, 0.15) is 5.01 Å². The van der Waals surface area contributed by atoms with Crippen LogP contribution in [0.2, 0.25) is 0 Å². The first-order valence-electron chi connectivity index (χ1n) is 8.25. The minimum atomic E-state index is 0.205. The number of nitrogens with zero attached hydrogens (tertiary/aromatic N) is 1. The van der Waals surface area contributed by atoms with Crippen molar-refractivity contribution in [2.24, 2.45) is 0 Å². The lowest BCUT2D eigenvalue weighted by Gasteiger charge is -2.17. The van der Waals surface area contributed by atoms with E-state index in [1.165, 1.54) is 4.88 Å². The third kappa shape index (κ3) is 4.81. The van der Waals surface area contributed by atoms with E-state index in [1.807, 2.05) is 30.6 Å². The fourth-order valence-corrected chi connectivity index (χ4v) is 4.09. The smallest absolute Gasteiger partial charge is 0.161 e. The molecule has 0 aliphatic rings. The van der Waals surface area contributed by atoms with E-state index in [4.69, 9.17) is 9.47 Å². The number of aromatic nitrogens is 1. The van der Waals surface area contributed by atoms with Gasteiger partial charge >= 0.3 is 0 Å². The predicted molar refractivity (Wildman–Crippen MR) is 104 cm³/mol. The van der Waals surface area contributed by atoms with Gasteiger partial charge in [0, 0.05) is 29.4 Å². The molecule has 1 N–H and O–H groups in total. The summed E-state index contributed by atoms with van der Waals surface area (Å²) in [6.07, 6.45) is 2.81. The molecule has 2 heterocycles. The maximum atomic E-state index is 5.67. The summed E-state index contributed by atoms with van der Waals surface area (Å²) in [5.74, 6) is 1.55. The third-order valence-electron chi connectivity index (χ3n) is 3.82. The van der Waals surface area contributed by atoms with Crippen molar-refractivity contribution in [1.82, 2.24) is 10.3 Å². The Morgan fingerprint density at radius 2 is 2.08 bits per heavy atom. The molecule has 25 heavy (non-hydrogen) atoms. The number of thiophene rings is 1. The van der Waals surface area contributed by atoms with E-state index in [9.17, 15) is 0 Å². The van der Waals surface area contributed by atoms with Crippen molar-refractivity contribution >= 4 is 22.7 Å². The van der Waals surface area contributed by atoms with Gasteiger partial charge in [0.05, 0.1) is 19.8 Å². The van der Waals surface area contributed by atoms with Gasteiger partial charge in [-0.2, -0.15) is 0 Å². The highest BCUT2D eigenvalue weighted by molar-refractivity contribution is 7.10. The summed E-state index contributed by atoms with van der Waals surface area (Å²) in [6, 6.07) is 10.5. The average Bonchev–Trinajstić information content (AvgIpc) is 3.33. The highest BCUT2D eigenvalue weighted by Gasteiger charge is 2.15. The van der Waals surface area contributed by atoms with Crippen LogP contribution in [0.25, 0.3) is 0 Å². The predicted octanol–water partition coefficient (Wildman–Crippen LogP) is 4.69. The van der Waals surface area contributed by atoms with Gasteiger partial charge in [-0.3, -0.25) is 0 Å². The van der Waals surface area contributed by atoms with Crippen LogP contribution in [0.4, 0.5) is 0 Å². The van der Waals surface area contributed by atoms with Crippen molar-refractivity contribution in [3.8, 4) is 11.5 Å². The molecule has 1 aromatic carbocycles. The summed E-state index contributed by atoms with van der Waals surface area (Å²) in [6.45, 7) is 3.34. The van der Waals surface area contributed by atoms with E-state index in [0.717, 1.165) is 35.0 Å². The van der Waals surface area contributed by atoms with E-state index in [1.54, 1.807) is 29.8 Å². The minimum Gasteiger partial charge on any atom is -0.493 e. The Morgan fingerprint density at radius 3 is 2.76 bits per heavy atom. The molecular formula is C19H22N2O2S2. The molecule has 0 saturated heterocycles. The molecule has 3 rings (SSSR count). The van der Waals surface area contributed by atoms with E-state index < -0.39 is 0 Å². The first-order chi connectivity index (χ1) is 12.3. The second-order valence-corrected chi connectivity index (χ2v) is 7.46. The van der Waals surface area contributed by atoms with E-state index >= 15 is 0 Å². The molecule has 3 aromatic rings. The number of nitrogens with one attached hydrogen (secondary N) is 1. The fourth-order valence-electron chi connectivity index (χ4n) is 2.62. The normalized spacial score (nSPS) is 12.1. The zero-order chi connectivity index (χ0) is 17.5. The van der Waals surface area contributed by atoms with Crippen LogP contribution < -0.4 is 14.8 Å². The summed E-state index contributed by atoms with van der Waals surface area (Å²) in [7, 11) is 1.66. The molecule has 0 radical (unpaired) electrons. The van der Waals surface area contributed by atoms with Crippen LogP contribution in [0.1, 0.15) is 28.4 Å². The van der Waals surface area contributed by atoms with Crippen LogP contribution in [0.15, 0.2) is 47.3 Å². The second-order valence-electron chi connectivity index (χ2n) is 5.51. The van der Waals surface area contributed by atoms with Crippen molar-refractivity contribution in [2.75, 3.05) is 13.7 Å². The van der Waals surface area contributed by atoms with Gasteiger partial charge < -0.3 is 14.8 Å². The standard InChI is InChI=1S/C19H22N2O2S2/c1-3-23-18-11-14(6-7-17(18)22-2)13-21-16(19-20-8-10-25-19)12-15-5-4-9-24-15/h4-11,16,21H,3,12-13H2,1-2H3/t16-/m1/s1. The van der Waals surface area contributed by atoms with Crippen molar-refractivity contribution < 1.29 is 9.47 Å². The number of hydrogen-bond donors (Lipinski definition) is 1. The number of benzene rings is 1. The molecule has 0 unspecified atom stereocenters. The van der Waals surface area contributed by atoms with Crippen LogP contribution in [0.3, 0.4) is 0 Å². The van der Waals surface area contributed by atoms with Crippen molar-refractivity contribution in [1.29, 1.82) is 0 Å². The lowest BCUT2D eigenvalue weighted by Crippen LogP contribution is -2.22. The van der Waals surface area contributed by atoms with Crippen LogP contribution in [0.5, 0.6) is 11.5 Å². The number of ether oxygens (including phenoxy) is 2. The lowest BCUT2D eigenvalue weighted by molar-refractivity contribution is 0.310. The van der Waals surface area contributed by atoms with Gasteiger partial charge in [-0.05, 0) is 36.1 Å². The van der Waals surface area contributed by atoms with E-state index in [0.29, 0.717) is 6.61 Å². The third-order valence-corrected chi connectivity index (χ3v) is 5.60. The Kier molecular flexibility index (Phi) is 6.44. The Balaban J connectivity index is 1.71. The highest BCUT2D eigenvalue weighted by atomic mass is 32.1. The van der Waals surface area contributed by atoms with Crippen LogP contribution in [0, 0.1) is 0 Å². The molecule has 0 fully saturated rings. The van der Waals surface area contributed by atoms with Crippen molar-refractivity contribution in [3.63, 3.8) is 0 Å². The monoisotopic (exact) mass is 374 g/mol. The van der Waals surface area contributed by atoms with E-state index in [-0.39, 0.29) is 6.04 Å². The fraction of sp³-hybridized carbons (Fsp3) is 0.316. The summed E-state index contributed by atoms with van der Waals surface area (Å²) < 4.78 is 11.0. The SMILES string of the molecule is CCOc1cc(CN[C@H](Cc2cccs2)c2nccs2)ccc1OC. The summed E-state index contributed by atoms with van der Waals surface area (Å²) >= 11 is 3.48. The molecule has 0 aliphatic heterocycles. The quantitative estimate of drug-likeness (QED) is 0.590. The molecule has 4 nitrogen and oxygen atoms in total. The molecule has 0 spiro atoms. The Bertz CT molecular complexity index is 758. The van der Waals surface area contributed by atoms with Gasteiger partial charge in [-0.15, -0.1) is 22.7 Å². The van der Waals surface area contributed by atoms with E-state index in [2.05, 4.69) is 33.9 Å². The Morgan fingerprint density at radius 1 is 1.16 bits per heavy atom. The zero-order valence-electron chi connectivity index (χ0n) is 14.4. The first-order valence-corrected chi connectivity index (χ1v) is 10.0. The van der Waals surface area contributed by atoms with Crippen molar-refractivity contribution in [2.45, 2.75) is 25.9 Å². The van der Waals surface area contributed by atoms with Gasteiger partial charge in [-0.1, -0.05) is 12.1 Å². The van der Waals surface area contributed by atoms with Crippen LogP contribution >= 0.6 is 22.7 Å². The second kappa shape index (κ2) is 8.99. The Labute approximate surface area is 156 Å². The van der Waals surface area contributed by atoms with Gasteiger partial charge in [-0.25, -0.2) is 4.98 Å². The molecule has 0 aliphatic carbocycles. The molecule has 0 amide bonds. The molecule has 1 atom stereocenters. The van der Waals surface area contributed by atoms with Gasteiger partial charge in [0.25, 0.3) is 0 Å². The largest absolute Gasteiger partial charge is 0.493 e. The maximum Gasteiger partial charge on any atom is 0.161 e. The van der Waals surface area contributed by atoms with Gasteiger partial charge in [0.2, 0.25) is 0 Å². The summed E-state index contributed by atoms with van der Waals surface area (Å²) in [5, 5.41) is 8.90. The minimum absolute atomic E-state index is 0.205. The van der Waals surface area contributed by atoms with Crippen LogP contribution in [-0.2, 0) is 13.0 Å². The topological polar surface area (TPSA) is 43.4 Å². The zero-order valence-corrected chi connectivity index (χ0v) is 16.0. The molecule has 6 heteroatoms.